The molecular formula is C23H27N5O3S2. The Bertz CT molecular complexity index is 1150. The molecule has 2 amide bonds. The summed E-state index contributed by atoms with van der Waals surface area (Å²) in [6.07, 6.45) is 6.83. The SMILES string of the molecule is CCOc1ccc(-c2n[nH]c(=S)n2CC(=O)NNC(=O)c2cc3c(s2)CCCCCC3)cc1. The summed E-state index contributed by atoms with van der Waals surface area (Å²) in [5.74, 6) is 0.581. The molecule has 10 heteroatoms. The van der Waals surface area contributed by atoms with Gasteiger partial charge in [0.15, 0.2) is 10.6 Å². The van der Waals surface area contributed by atoms with Crippen molar-refractivity contribution >= 4 is 35.4 Å². The van der Waals surface area contributed by atoms with E-state index in [4.69, 9.17) is 17.0 Å². The summed E-state index contributed by atoms with van der Waals surface area (Å²) >= 11 is 6.82. The number of ether oxygens (including phenoxy) is 1. The van der Waals surface area contributed by atoms with Crippen molar-refractivity contribution in [1.82, 2.24) is 25.6 Å². The molecule has 3 aromatic rings. The van der Waals surface area contributed by atoms with Crippen LogP contribution in [0.25, 0.3) is 11.4 Å². The molecule has 2 heterocycles. The highest BCUT2D eigenvalue weighted by Crippen LogP contribution is 2.28. The van der Waals surface area contributed by atoms with Crippen LogP contribution < -0.4 is 15.6 Å². The van der Waals surface area contributed by atoms with Gasteiger partial charge in [0.1, 0.15) is 12.3 Å². The zero-order valence-corrected chi connectivity index (χ0v) is 20.1. The van der Waals surface area contributed by atoms with Crippen molar-refractivity contribution < 1.29 is 14.3 Å². The number of fused-ring (bicyclic) bond motifs is 1. The maximum Gasteiger partial charge on any atom is 0.279 e. The van der Waals surface area contributed by atoms with Crippen molar-refractivity contribution in [2.24, 2.45) is 0 Å². The Labute approximate surface area is 201 Å². The van der Waals surface area contributed by atoms with Gasteiger partial charge in [-0.3, -0.25) is 30.1 Å². The standard InChI is InChI=1S/C23H27N5O3S2/c1-2-31-17-11-9-15(10-12-17)21-25-27-23(32)28(21)14-20(29)24-26-22(30)19-13-16-7-5-3-4-6-8-18(16)33-19/h9-13H,2-8,14H2,1H3,(H,24,29)(H,26,30)(H,27,32). The highest BCUT2D eigenvalue weighted by molar-refractivity contribution is 7.71. The number of aromatic nitrogens is 3. The number of hydrogen-bond donors (Lipinski definition) is 3. The van der Waals surface area contributed by atoms with Gasteiger partial charge in [0.25, 0.3) is 11.8 Å². The third-order valence-corrected chi connectivity index (χ3v) is 7.07. The quantitative estimate of drug-likeness (QED) is 0.359. The number of aromatic amines is 1. The van der Waals surface area contributed by atoms with Gasteiger partial charge in [0.05, 0.1) is 11.5 Å². The summed E-state index contributed by atoms with van der Waals surface area (Å²) in [5.41, 5.74) is 7.08. The summed E-state index contributed by atoms with van der Waals surface area (Å²) in [5, 5.41) is 6.98. The number of rotatable bonds is 6. The van der Waals surface area contributed by atoms with Crippen molar-refractivity contribution in [2.75, 3.05) is 6.61 Å². The van der Waals surface area contributed by atoms with Gasteiger partial charge >= 0.3 is 0 Å². The second-order valence-electron chi connectivity index (χ2n) is 7.87. The fourth-order valence-corrected chi connectivity index (χ4v) is 5.22. The molecule has 1 aromatic carbocycles. The van der Waals surface area contributed by atoms with Crippen molar-refractivity contribution in [3.63, 3.8) is 0 Å². The average Bonchev–Trinajstić information content (AvgIpc) is 3.36. The Morgan fingerprint density at radius 1 is 1.15 bits per heavy atom. The van der Waals surface area contributed by atoms with Crippen molar-refractivity contribution in [2.45, 2.75) is 52.0 Å². The lowest BCUT2D eigenvalue weighted by Crippen LogP contribution is -2.43. The molecule has 0 saturated heterocycles. The second kappa shape index (κ2) is 10.8. The Balaban J connectivity index is 1.38. The van der Waals surface area contributed by atoms with Gasteiger partial charge in [0.2, 0.25) is 0 Å². The molecule has 8 nitrogen and oxygen atoms in total. The molecule has 0 spiro atoms. The fraction of sp³-hybridized carbons (Fsp3) is 0.391. The summed E-state index contributed by atoms with van der Waals surface area (Å²) in [4.78, 5) is 27.1. The third-order valence-electron chi connectivity index (χ3n) is 5.52. The largest absolute Gasteiger partial charge is 0.494 e. The molecule has 0 radical (unpaired) electrons. The van der Waals surface area contributed by atoms with Gasteiger partial charge in [0, 0.05) is 10.4 Å². The van der Waals surface area contributed by atoms with E-state index in [1.807, 2.05) is 37.3 Å². The highest BCUT2D eigenvalue weighted by atomic mass is 32.1. The molecule has 2 aromatic heterocycles. The third kappa shape index (κ3) is 5.69. The van der Waals surface area contributed by atoms with Gasteiger partial charge in [-0.2, -0.15) is 5.10 Å². The molecule has 0 atom stereocenters. The smallest absolute Gasteiger partial charge is 0.279 e. The lowest BCUT2D eigenvalue weighted by molar-refractivity contribution is -0.122. The minimum absolute atomic E-state index is 0.0842. The van der Waals surface area contributed by atoms with E-state index in [1.54, 1.807) is 4.57 Å². The van der Waals surface area contributed by atoms with Crippen LogP contribution in [0.5, 0.6) is 5.75 Å². The van der Waals surface area contributed by atoms with Gasteiger partial charge in [-0.05, 0) is 80.7 Å². The molecular weight excluding hydrogens is 458 g/mol. The molecule has 33 heavy (non-hydrogen) atoms. The second-order valence-corrected chi connectivity index (χ2v) is 9.39. The number of hydrazine groups is 1. The number of hydrogen-bond acceptors (Lipinski definition) is 6. The normalized spacial score (nSPS) is 13.5. The first kappa shape index (κ1) is 23.2. The summed E-state index contributed by atoms with van der Waals surface area (Å²) in [6, 6.07) is 9.35. The molecule has 0 saturated carbocycles. The predicted molar refractivity (Wildman–Crippen MR) is 130 cm³/mol. The minimum Gasteiger partial charge on any atom is -0.494 e. The van der Waals surface area contributed by atoms with Crippen LogP contribution in [0.2, 0.25) is 0 Å². The summed E-state index contributed by atoms with van der Waals surface area (Å²) in [7, 11) is 0. The van der Waals surface area contributed by atoms with Crippen LogP contribution in [-0.4, -0.2) is 33.2 Å². The highest BCUT2D eigenvalue weighted by Gasteiger charge is 2.17. The fourth-order valence-electron chi connectivity index (χ4n) is 3.88. The molecule has 0 aliphatic heterocycles. The van der Waals surface area contributed by atoms with Crippen LogP contribution in [0, 0.1) is 4.77 Å². The number of nitrogens with one attached hydrogen (secondary N) is 3. The number of carbonyl (C=O) groups is 2. The van der Waals surface area contributed by atoms with Crippen LogP contribution in [0.3, 0.4) is 0 Å². The van der Waals surface area contributed by atoms with E-state index < -0.39 is 5.91 Å². The van der Waals surface area contributed by atoms with E-state index in [2.05, 4.69) is 21.0 Å². The number of H-pyrrole nitrogens is 1. The monoisotopic (exact) mass is 485 g/mol. The lowest BCUT2D eigenvalue weighted by Gasteiger charge is -2.09. The van der Waals surface area contributed by atoms with Crippen LogP contribution in [0.1, 0.15) is 52.7 Å². The van der Waals surface area contributed by atoms with Gasteiger partial charge in [-0.1, -0.05) is 12.8 Å². The van der Waals surface area contributed by atoms with Crippen molar-refractivity contribution in [3.8, 4) is 17.1 Å². The van der Waals surface area contributed by atoms with E-state index in [9.17, 15) is 9.59 Å². The van der Waals surface area contributed by atoms with Crippen molar-refractivity contribution in [3.05, 3.63) is 50.4 Å². The zero-order chi connectivity index (χ0) is 23.2. The summed E-state index contributed by atoms with van der Waals surface area (Å²) < 4.78 is 7.37. The number of amides is 2. The predicted octanol–water partition coefficient (Wildman–Crippen LogP) is 4.19. The minimum atomic E-state index is -0.400. The van der Waals surface area contributed by atoms with Crippen LogP contribution >= 0.6 is 23.6 Å². The Morgan fingerprint density at radius 3 is 2.67 bits per heavy atom. The van der Waals surface area contributed by atoms with Gasteiger partial charge in [-0.25, -0.2) is 0 Å². The molecule has 4 rings (SSSR count). The number of benzene rings is 1. The van der Waals surface area contributed by atoms with Crippen LogP contribution in [0.15, 0.2) is 30.3 Å². The first-order chi connectivity index (χ1) is 16.0. The van der Waals surface area contributed by atoms with E-state index in [-0.39, 0.29) is 12.5 Å². The number of nitrogens with zero attached hydrogens (tertiary/aromatic N) is 2. The molecule has 174 valence electrons. The number of thiophene rings is 1. The topological polar surface area (TPSA) is 101 Å². The summed E-state index contributed by atoms with van der Waals surface area (Å²) in [6.45, 7) is 2.42. The maximum absolute atomic E-state index is 12.6. The average molecular weight is 486 g/mol. The Hall–Kier alpha value is -2.98. The Kier molecular flexibility index (Phi) is 7.56. The van der Waals surface area contributed by atoms with Crippen molar-refractivity contribution in [1.29, 1.82) is 0 Å². The molecule has 1 aliphatic carbocycles. The first-order valence-electron chi connectivity index (χ1n) is 11.1. The number of carbonyl (C=O) groups excluding carboxylic acids is 2. The van der Waals surface area contributed by atoms with Gasteiger partial charge < -0.3 is 4.74 Å². The maximum atomic E-state index is 12.6. The molecule has 0 unspecified atom stereocenters. The Morgan fingerprint density at radius 2 is 1.91 bits per heavy atom. The molecule has 0 bridgehead atoms. The van der Waals surface area contributed by atoms with E-state index in [0.29, 0.717) is 22.1 Å². The molecule has 3 N–H and O–H groups in total. The lowest BCUT2D eigenvalue weighted by atomic mass is 10.00. The zero-order valence-electron chi connectivity index (χ0n) is 18.5. The molecule has 0 fully saturated rings. The number of aryl methyl sites for hydroxylation is 2. The van der Waals surface area contributed by atoms with E-state index in [0.717, 1.165) is 37.0 Å². The molecule has 1 aliphatic rings. The van der Waals surface area contributed by atoms with E-state index in [1.165, 1.54) is 34.6 Å². The van der Waals surface area contributed by atoms with Crippen LogP contribution in [-0.2, 0) is 24.2 Å². The van der Waals surface area contributed by atoms with E-state index >= 15 is 0 Å². The van der Waals surface area contributed by atoms with Gasteiger partial charge in [-0.15, -0.1) is 11.3 Å². The first-order valence-corrected chi connectivity index (χ1v) is 12.4. The van der Waals surface area contributed by atoms with Crippen LogP contribution in [0.4, 0.5) is 0 Å².